The summed E-state index contributed by atoms with van der Waals surface area (Å²) in [6, 6.07) is 11.5. The van der Waals surface area contributed by atoms with Crippen LogP contribution in [0.1, 0.15) is 15.9 Å². The molecule has 3 nitrogen and oxygen atoms in total. The number of nitrogens with one attached hydrogen (secondary N) is 1. The summed E-state index contributed by atoms with van der Waals surface area (Å²) < 4.78 is 41.2. The monoisotopic (exact) mass is 309 g/mol. The highest BCUT2D eigenvalue weighted by atomic mass is 19.3. The molecule has 0 radical (unpaired) electrons. The van der Waals surface area contributed by atoms with Gasteiger partial charge in [0.05, 0.1) is 0 Å². The number of carbonyl (C=O) groups excluding carboxylic acids is 1. The molecule has 0 saturated heterocycles. The SMILES string of the molecule is O=C(NCCc1cccc(F)c1)c1ccc(OC(F)F)cc1. The zero-order valence-electron chi connectivity index (χ0n) is 11.6. The van der Waals surface area contributed by atoms with Crippen LogP contribution >= 0.6 is 0 Å². The highest BCUT2D eigenvalue weighted by molar-refractivity contribution is 5.94. The van der Waals surface area contributed by atoms with E-state index in [1.165, 1.54) is 36.4 Å². The molecule has 0 saturated carbocycles. The first kappa shape index (κ1) is 15.9. The normalized spacial score (nSPS) is 10.5. The van der Waals surface area contributed by atoms with Gasteiger partial charge in [-0.2, -0.15) is 8.78 Å². The average Bonchev–Trinajstić information content (AvgIpc) is 2.47. The van der Waals surface area contributed by atoms with E-state index in [0.717, 1.165) is 5.56 Å². The Kier molecular flexibility index (Phi) is 5.41. The highest BCUT2D eigenvalue weighted by Gasteiger charge is 2.07. The van der Waals surface area contributed by atoms with Gasteiger partial charge in [0, 0.05) is 12.1 Å². The number of benzene rings is 2. The molecular formula is C16H14F3NO2. The van der Waals surface area contributed by atoms with Crippen molar-refractivity contribution in [2.24, 2.45) is 0 Å². The van der Waals surface area contributed by atoms with Gasteiger partial charge in [0.15, 0.2) is 0 Å². The Balaban J connectivity index is 1.84. The maximum atomic E-state index is 13.0. The fourth-order valence-corrected chi connectivity index (χ4v) is 1.90. The van der Waals surface area contributed by atoms with E-state index >= 15 is 0 Å². The summed E-state index contributed by atoms with van der Waals surface area (Å²) in [7, 11) is 0. The van der Waals surface area contributed by atoms with Crippen molar-refractivity contribution in [2.75, 3.05) is 6.54 Å². The molecule has 0 atom stereocenters. The van der Waals surface area contributed by atoms with Crippen molar-refractivity contribution >= 4 is 5.91 Å². The minimum Gasteiger partial charge on any atom is -0.435 e. The van der Waals surface area contributed by atoms with Gasteiger partial charge in [-0.05, 0) is 48.4 Å². The molecule has 0 unspecified atom stereocenters. The van der Waals surface area contributed by atoms with Crippen molar-refractivity contribution < 1.29 is 22.7 Å². The summed E-state index contributed by atoms with van der Waals surface area (Å²) in [5.74, 6) is -0.662. The van der Waals surface area contributed by atoms with Crippen molar-refractivity contribution in [3.05, 3.63) is 65.5 Å². The van der Waals surface area contributed by atoms with Crippen LogP contribution < -0.4 is 10.1 Å². The lowest BCUT2D eigenvalue weighted by Gasteiger charge is -2.07. The molecule has 22 heavy (non-hydrogen) atoms. The van der Waals surface area contributed by atoms with E-state index in [1.807, 2.05) is 0 Å². The van der Waals surface area contributed by atoms with E-state index < -0.39 is 6.61 Å². The predicted octanol–water partition coefficient (Wildman–Crippen LogP) is 3.40. The van der Waals surface area contributed by atoms with Crippen LogP contribution in [0.25, 0.3) is 0 Å². The Morgan fingerprint density at radius 3 is 2.50 bits per heavy atom. The van der Waals surface area contributed by atoms with Crippen LogP contribution in [-0.4, -0.2) is 19.1 Å². The number of carbonyl (C=O) groups is 1. The molecule has 6 heteroatoms. The van der Waals surface area contributed by atoms with Crippen molar-refractivity contribution in [1.82, 2.24) is 5.32 Å². The van der Waals surface area contributed by atoms with E-state index in [-0.39, 0.29) is 17.5 Å². The molecule has 2 aromatic rings. The third-order valence-corrected chi connectivity index (χ3v) is 2.93. The largest absolute Gasteiger partial charge is 0.435 e. The van der Waals surface area contributed by atoms with Gasteiger partial charge in [0.1, 0.15) is 11.6 Å². The molecule has 0 heterocycles. The second-order valence-electron chi connectivity index (χ2n) is 4.54. The van der Waals surface area contributed by atoms with Gasteiger partial charge in [-0.15, -0.1) is 0 Å². The first-order valence-electron chi connectivity index (χ1n) is 6.62. The molecule has 0 aliphatic rings. The van der Waals surface area contributed by atoms with Crippen molar-refractivity contribution in [3.63, 3.8) is 0 Å². The number of hydrogen-bond donors (Lipinski definition) is 1. The van der Waals surface area contributed by atoms with Crippen LogP contribution in [0.4, 0.5) is 13.2 Å². The topological polar surface area (TPSA) is 38.3 Å². The van der Waals surface area contributed by atoms with Crippen LogP contribution in [0.5, 0.6) is 5.75 Å². The Bertz CT molecular complexity index is 630. The standard InChI is InChI=1S/C16H14F3NO2/c17-13-3-1-2-11(10-13)8-9-20-15(21)12-4-6-14(7-5-12)22-16(18)19/h1-7,10,16H,8-9H2,(H,20,21). The zero-order chi connectivity index (χ0) is 15.9. The lowest BCUT2D eigenvalue weighted by Crippen LogP contribution is -2.25. The van der Waals surface area contributed by atoms with E-state index in [4.69, 9.17) is 0 Å². The molecule has 2 rings (SSSR count). The van der Waals surface area contributed by atoms with Gasteiger partial charge in [0.2, 0.25) is 0 Å². The second-order valence-corrected chi connectivity index (χ2v) is 4.54. The molecule has 116 valence electrons. The van der Waals surface area contributed by atoms with E-state index in [0.29, 0.717) is 18.5 Å². The maximum Gasteiger partial charge on any atom is 0.387 e. The molecule has 0 spiro atoms. The smallest absolute Gasteiger partial charge is 0.387 e. The number of halogens is 3. The Morgan fingerprint density at radius 1 is 1.14 bits per heavy atom. The molecule has 0 aliphatic carbocycles. The fourth-order valence-electron chi connectivity index (χ4n) is 1.90. The van der Waals surface area contributed by atoms with Crippen LogP contribution in [0.3, 0.4) is 0 Å². The van der Waals surface area contributed by atoms with Crippen molar-refractivity contribution in [2.45, 2.75) is 13.0 Å². The summed E-state index contributed by atoms with van der Waals surface area (Å²) in [5.41, 5.74) is 1.11. The van der Waals surface area contributed by atoms with Gasteiger partial charge in [-0.25, -0.2) is 4.39 Å². The lowest BCUT2D eigenvalue weighted by atomic mass is 10.1. The average molecular weight is 309 g/mol. The van der Waals surface area contributed by atoms with E-state index in [9.17, 15) is 18.0 Å². The quantitative estimate of drug-likeness (QED) is 0.888. The number of ether oxygens (including phenoxy) is 1. The number of alkyl halides is 2. The van der Waals surface area contributed by atoms with Crippen LogP contribution in [0.15, 0.2) is 48.5 Å². The van der Waals surface area contributed by atoms with Gasteiger partial charge in [0.25, 0.3) is 5.91 Å². The molecule has 0 aliphatic heterocycles. The molecular weight excluding hydrogens is 295 g/mol. The number of rotatable bonds is 6. The van der Waals surface area contributed by atoms with Crippen LogP contribution in [0.2, 0.25) is 0 Å². The van der Waals surface area contributed by atoms with Gasteiger partial charge in [-0.1, -0.05) is 12.1 Å². The molecule has 1 amide bonds. The predicted molar refractivity (Wildman–Crippen MR) is 75.5 cm³/mol. The van der Waals surface area contributed by atoms with Gasteiger partial charge >= 0.3 is 6.61 Å². The molecule has 0 aromatic heterocycles. The Labute approximate surface area is 125 Å². The van der Waals surface area contributed by atoms with Crippen LogP contribution in [0, 0.1) is 5.82 Å². The summed E-state index contributed by atoms with van der Waals surface area (Å²) in [5, 5.41) is 2.68. The maximum absolute atomic E-state index is 13.0. The summed E-state index contributed by atoms with van der Waals surface area (Å²) in [6.07, 6.45) is 0.496. The van der Waals surface area contributed by atoms with Crippen molar-refractivity contribution in [3.8, 4) is 5.75 Å². The van der Waals surface area contributed by atoms with E-state index in [2.05, 4.69) is 10.1 Å². The highest BCUT2D eigenvalue weighted by Crippen LogP contribution is 2.14. The van der Waals surface area contributed by atoms with Gasteiger partial charge < -0.3 is 10.1 Å². The Morgan fingerprint density at radius 2 is 1.86 bits per heavy atom. The molecule has 0 fully saturated rings. The third-order valence-electron chi connectivity index (χ3n) is 2.93. The lowest BCUT2D eigenvalue weighted by molar-refractivity contribution is -0.0498. The molecule has 1 N–H and O–H groups in total. The summed E-state index contributed by atoms with van der Waals surface area (Å²) in [4.78, 5) is 11.9. The van der Waals surface area contributed by atoms with Gasteiger partial charge in [-0.3, -0.25) is 4.79 Å². The summed E-state index contributed by atoms with van der Waals surface area (Å²) in [6.45, 7) is -2.55. The molecule has 0 bridgehead atoms. The minimum absolute atomic E-state index is 0.00805. The van der Waals surface area contributed by atoms with Crippen LogP contribution in [-0.2, 0) is 6.42 Å². The first-order valence-corrected chi connectivity index (χ1v) is 6.62. The summed E-state index contributed by atoms with van der Waals surface area (Å²) >= 11 is 0. The minimum atomic E-state index is -2.90. The zero-order valence-corrected chi connectivity index (χ0v) is 11.6. The Hall–Kier alpha value is -2.50. The first-order chi connectivity index (χ1) is 10.5. The van der Waals surface area contributed by atoms with E-state index in [1.54, 1.807) is 12.1 Å². The number of hydrogen-bond acceptors (Lipinski definition) is 2. The van der Waals surface area contributed by atoms with Crippen molar-refractivity contribution in [1.29, 1.82) is 0 Å². The molecule has 2 aromatic carbocycles. The fraction of sp³-hybridized carbons (Fsp3) is 0.188. The second kappa shape index (κ2) is 7.49. The number of amides is 1. The third kappa shape index (κ3) is 4.80.